The smallest absolute Gasteiger partial charge is 0.0601 e. The summed E-state index contributed by atoms with van der Waals surface area (Å²) in [6, 6.07) is 0. The van der Waals surface area contributed by atoms with Gasteiger partial charge < -0.3 is 10.1 Å². The summed E-state index contributed by atoms with van der Waals surface area (Å²) in [6.45, 7) is 6.89. The average molecular weight is 178 g/mol. The SMILES string of the molecule is C=CCNCCCOCCCl. The summed E-state index contributed by atoms with van der Waals surface area (Å²) in [5, 5.41) is 3.18. The molecule has 0 aromatic heterocycles. The summed E-state index contributed by atoms with van der Waals surface area (Å²) in [6.07, 6.45) is 2.88. The Morgan fingerprint density at radius 1 is 1.45 bits per heavy atom. The third-order valence-corrected chi connectivity index (χ3v) is 1.31. The van der Waals surface area contributed by atoms with Gasteiger partial charge in [0.05, 0.1) is 6.61 Å². The Morgan fingerprint density at radius 2 is 2.27 bits per heavy atom. The summed E-state index contributed by atoms with van der Waals surface area (Å²) >= 11 is 5.41. The second-order valence-electron chi connectivity index (χ2n) is 2.15. The van der Waals surface area contributed by atoms with Gasteiger partial charge in [-0.3, -0.25) is 0 Å². The molecule has 0 radical (unpaired) electrons. The maximum absolute atomic E-state index is 5.41. The lowest BCUT2D eigenvalue weighted by Crippen LogP contribution is -2.16. The van der Waals surface area contributed by atoms with Crippen LogP contribution < -0.4 is 5.32 Å². The van der Waals surface area contributed by atoms with E-state index in [0.29, 0.717) is 12.5 Å². The van der Waals surface area contributed by atoms with Crippen LogP contribution in [0.25, 0.3) is 0 Å². The number of ether oxygens (including phenoxy) is 1. The van der Waals surface area contributed by atoms with Crippen LogP contribution in [0, 0.1) is 0 Å². The van der Waals surface area contributed by atoms with Crippen molar-refractivity contribution in [3.8, 4) is 0 Å². The number of hydrogen-bond donors (Lipinski definition) is 1. The van der Waals surface area contributed by atoms with Crippen molar-refractivity contribution < 1.29 is 4.74 Å². The molecular formula is C8H16ClNO. The summed E-state index contributed by atoms with van der Waals surface area (Å²) in [5.74, 6) is 0.583. The first-order valence-electron chi connectivity index (χ1n) is 3.87. The van der Waals surface area contributed by atoms with Gasteiger partial charge in [-0.25, -0.2) is 0 Å². The Balaban J connectivity index is 2.74. The van der Waals surface area contributed by atoms with Crippen molar-refractivity contribution in [3.63, 3.8) is 0 Å². The van der Waals surface area contributed by atoms with E-state index in [1.54, 1.807) is 0 Å². The molecular weight excluding hydrogens is 162 g/mol. The molecule has 2 nitrogen and oxygen atoms in total. The van der Waals surface area contributed by atoms with E-state index in [1.165, 1.54) is 0 Å². The van der Waals surface area contributed by atoms with E-state index in [9.17, 15) is 0 Å². The van der Waals surface area contributed by atoms with Crippen LogP contribution in [0.1, 0.15) is 6.42 Å². The maximum Gasteiger partial charge on any atom is 0.0601 e. The van der Waals surface area contributed by atoms with Crippen LogP contribution in [-0.4, -0.2) is 32.2 Å². The number of alkyl halides is 1. The third-order valence-electron chi connectivity index (χ3n) is 1.15. The molecule has 3 heteroatoms. The highest BCUT2D eigenvalue weighted by Gasteiger charge is 1.86. The summed E-state index contributed by atoms with van der Waals surface area (Å²) in [7, 11) is 0. The number of halogens is 1. The van der Waals surface area contributed by atoms with Crippen molar-refractivity contribution in [1.82, 2.24) is 5.32 Å². The largest absolute Gasteiger partial charge is 0.380 e. The van der Waals surface area contributed by atoms with E-state index >= 15 is 0 Å². The van der Waals surface area contributed by atoms with E-state index < -0.39 is 0 Å². The van der Waals surface area contributed by atoms with E-state index in [-0.39, 0.29) is 0 Å². The Morgan fingerprint density at radius 3 is 2.91 bits per heavy atom. The lowest BCUT2D eigenvalue weighted by atomic mass is 10.4. The van der Waals surface area contributed by atoms with Crippen LogP contribution in [0.3, 0.4) is 0 Å². The monoisotopic (exact) mass is 177 g/mol. The summed E-state index contributed by atoms with van der Waals surface area (Å²) in [5.41, 5.74) is 0. The molecule has 0 bridgehead atoms. The predicted octanol–water partition coefficient (Wildman–Crippen LogP) is 1.41. The average Bonchev–Trinajstić information content (AvgIpc) is 2.03. The minimum Gasteiger partial charge on any atom is -0.380 e. The van der Waals surface area contributed by atoms with Gasteiger partial charge in [0, 0.05) is 19.0 Å². The van der Waals surface area contributed by atoms with E-state index in [0.717, 1.165) is 26.1 Å². The van der Waals surface area contributed by atoms with E-state index in [4.69, 9.17) is 16.3 Å². The fraction of sp³-hybridized carbons (Fsp3) is 0.750. The second-order valence-corrected chi connectivity index (χ2v) is 2.53. The van der Waals surface area contributed by atoms with Gasteiger partial charge >= 0.3 is 0 Å². The molecule has 0 saturated carbocycles. The van der Waals surface area contributed by atoms with Gasteiger partial charge in [0.1, 0.15) is 0 Å². The maximum atomic E-state index is 5.41. The normalized spacial score (nSPS) is 9.91. The zero-order chi connectivity index (χ0) is 8.36. The van der Waals surface area contributed by atoms with Crippen LogP contribution in [0.2, 0.25) is 0 Å². The highest BCUT2D eigenvalue weighted by atomic mass is 35.5. The fourth-order valence-electron chi connectivity index (χ4n) is 0.660. The summed E-state index contributed by atoms with van der Waals surface area (Å²) < 4.78 is 5.17. The molecule has 11 heavy (non-hydrogen) atoms. The molecule has 0 atom stereocenters. The quantitative estimate of drug-likeness (QED) is 0.344. The molecule has 1 N–H and O–H groups in total. The lowest BCUT2D eigenvalue weighted by Gasteiger charge is -2.01. The molecule has 0 amide bonds. The van der Waals surface area contributed by atoms with Gasteiger partial charge in [-0.05, 0) is 13.0 Å². The first-order chi connectivity index (χ1) is 5.41. The van der Waals surface area contributed by atoms with Crippen LogP contribution in [-0.2, 0) is 4.74 Å². The standard InChI is InChI=1S/C8H16ClNO/c1-2-5-10-6-3-7-11-8-4-9/h2,10H,1,3-8H2. The second kappa shape index (κ2) is 9.95. The van der Waals surface area contributed by atoms with Crippen LogP contribution in [0.5, 0.6) is 0 Å². The van der Waals surface area contributed by atoms with E-state index in [1.807, 2.05) is 6.08 Å². The molecule has 0 unspecified atom stereocenters. The molecule has 0 rings (SSSR count). The molecule has 0 aliphatic heterocycles. The number of rotatable bonds is 8. The lowest BCUT2D eigenvalue weighted by molar-refractivity contribution is 0.146. The highest BCUT2D eigenvalue weighted by Crippen LogP contribution is 1.82. The van der Waals surface area contributed by atoms with Gasteiger partial charge in [-0.1, -0.05) is 6.08 Å². The Bertz CT molecular complexity index is 88.2. The predicted molar refractivity (Wildman–Crippen MR) is 49.2 cm³/mol. The highest BCUT2D eigenvalue weighted by molar-refractivity contribution is 6.17. The molecule has 0 saturated heterocycles. The first-order valence-corrected chi connectivity index (χ1v) is 4.40. The molecule has 0 heterocycles. The zero-order valence-electron chi connectivity index (χ0n) is 6.81. The summed E-state index contributed by atoms with van der Waals surface area (Å²) in [4.78, 5) is 0. The van der Waals surface area contributed by atoms with Crippen molar-refractivity contribution in [3.05, 3.63) is 12.7 Å². The van der Waals surface area contributed by atoms with Gasteiger partial charge in [-0.2, -0.15) is 0 Å². The molecule has 0 aromatic carbocycles. The van der Waals surface area contributed by atoms with Crippen molar-refractivity contribution in [1.29, 1.82) is 0 Å². The van der Waals surface area contributed by atoms with Gasteiger partial charge in [0.25, 0.3) is 0 Å². The van der Waals surface area contributed by atoms with Crippen LogP contribution in [0.15, 0.2) is 12.7 Å². The molecule has 0 fully saturated rings. The topological polar surface area (TPSA) is 21.3 Å². The Labute approximate surface area is 73.6 Å². The Kier molecular flexibility index (Phi) is 9.90. The number of nitrogens with one attached hydrogen (secondary N) is 1. The van der Waals surface area contributed by atoms with Crippen LogP contribution >= 0.6 is 11.6 Å². The van der Waals surface area contributed by atoms with Crippen molar-refractivity contribution in [2.75, 3.05) is 32.2 Å². The molecule has 0 aromatic rings. The fourth-order valence-corrected chi connectivity index (χ4v) is 0.769. The minimum atomic E-state index is 0.583. The van der Waals surface area contributed by atoms with Gasteiger partial charge in [0.2, 0.25) is 0 Å². The molecule has 0 spiro atoms. The molecule has 66 valence electrons. The third kappa shape index (κ3) is 9.95. The van der Waals surface area contributed by atoms with Gasteiger partial charge in [-0.15, -0.1) is 18.2 Å². The zero-order valence-corrected chi connectivity index (χ0v) is 7.57. The molecule has 0 aliphatic rings. The van der Waals surface area contributed by atoms with Crippen molar-refractivity contribution in [2.45, 2.75) is 6.42 Å². The minimum absolute atomic E-state index is 0.583. The number of hydrogen-bond acceptors (Lipinski definition) is 2. The van der Waals surface area contributed by atoms with E-state index in [2.05, 4.69) is 11.9 Å². The Hall–Kier alpha value is -0.0500. The molecule has 0 aliphatic carbocycles. The van der Waals surface area contributed by atoms with Gasteiger partial charge in [0.15, 0.2) is 0 Å². The van der Waals surface area contributed by atoms with Crippen molar-refractivity contribution in [2.24, 2.45) is 0 Å². The van der Waals surface area contributed by atoms with Crippen molar-refractivity contribution >= 4 is 11.6 Å². The van der Waals surface area contributed by atoms with Crippen LogP contribution in [0.4, 0.5) is 0 Å². The first kappa shape index (κ1) is 11.0.